The minimum absolute atomic E-state index is 0.171. The molecule has 20 heavy (non-hydrogen) atoms. The van der Waals surface area contributed by atoms with Gasteiger partial charge in [-0.25, -0.2) is 18.4 Å². The topological polar surface area (TPSA) is 90.9 Å². The van der Waals surface area contributed by atoms with Gasteiger partial charge in [0.1, 0.15) is 27.1 Å². The minimum Gasteiger partial charge on any atom is -0.383 e. The summed E-state index contributed by atoms with van der Waals surface area (Å²) in [6.07, 6.45) is 1.81. The highest BCUT2D eigenvalue weighted by Crippen LogP contribution is 2.27. The van der Waals surface area contributed by atoms with Crippen LogP contribution in [0.25, 0.3) is 11.0 Å². The molecule has 0 fully saturated rings. The van der Waals surface area contributed by atoms with E-state index in [1.165, 1.54) is 6.26 Å². The van der Waals surface area contributed by atoms with Gasteiger partial charge in [-0.1, -0.05) is 0 Å². The van der Waals surface area contributed by atoms with Crippen LogP contribution in [0.15, 0.2) is 0 Å². The van der Waals surface area contributed by atoms with E-state index in [0.717, 1.165) is 22.3 Å². The molecule has 6 nitrogen and oxygen atoms in total. The van der Waals surface area contributed by atoms with Crippen LogP contribution in [-0.4, -0.2) is 35.0 Å². The molecule has 2 aromatic rings. The van der Waals surface area contributed by atoms with Gasteiger partial charge in [0.25, 0.3) is 0 Å². The van der Waals surface area contributed by atoms with Crippen molar-refractivity contribution in [2.45, 2.75) is 33.7 Å². The lowest BCUT2D eigenvalue weighted by molar-refractivity contribution is 0.592. The van der Waals surface area contributed by atoms with Crippen LogP contribution < -0.4 is 5.73 Å². The summed E-state index contributed by atoms with van der Waals surface area (Å²) < 4.78 is 24.5. The second-order valence-electron chi connectivity index (χ2n) is 5.20. The molecular weight excluding hydrogens is 276 g/mol. The molecule has 2 heterocycles. The number of nitrogens with zero attached hydrogens (tertiary/aromatic N) is 3. The highest BCUT2D eigenvalue weighted by atomic mass is 32.2. The summed E-state index contributed by atoms with van der Waals surface area (Å²) in [6, 6.07) is 0. The zero-order valence-electron chi connectivity index (χ0n) is 12.3. The van der Waals surface area contributed by atoms with Gasteiger partial charge in [0.2, 0.25) is 0 Å². The van der Waals surface area contributed by atoms with Crippen LogP contribution in [0, 0.1) is 20.8 Å². The lowest BCUT2D eigenvalue weighted by Crippen LogP contribution is -2.09. The van der Waals surface area contributed by atoms with Crippen molar-refractivity contribution in [2.75, 3.05) is 17.7 Å². The third-order valence-corrected chi connectivity index (χ3v) is 4.54. The van der Waals surface area contributed by atoms with Crippen molar-refractivity contribution in [3.8, 4) is 0 Å². The van der Waals surface area contributed by atoms with Crippen LogP contribution in [0.1, 0.15) is 23.5 Å². The summed E-state index contributed by atoms with van der Waals surface area (Å²) in [7, 11) is -2.94. The zero-order valence-corrected chi connectivity index (χ0v) is 13.1. The van der Waals surface area contributed by atoms with Crippen molar-refractivity contribution in [1.29, 1.82) is 0 Å². The summed E-state index contributed by atoms with van der Waals surface area (Å²) in [5, 5.41) is 0.868. The van der Waals surface area contributed by atoms with Crippen molar-refractivity contribution in [1.82, 2.24) is 14.5 Å². The average Bonchev–Trinajstić information content (AvgIpc) is 2.52. The predicted octanol–water partition coefficient (Wildman–Crippen LogP) is 1.37. The number of aromatic nitrogens is 3. The molecule has 0 atom stereocenters. The molecule has 2 aromatic heterocycles. The Labute approximate surface area is 118 Å². The highest BCUT2D eigenvalue weighted by Gasteiger charge is 2.16. The molecule has 0 aliphatic heterocycles. The van der Waals surface area contributed by atoms with Gasteiger partial charge < -0.3 is 10.3 Å². The van der Waals surface area contributed by atoms with E-state index in [-0.39, 0.29) is 5.75 Å². The van der Waals surface area contributed by atoms with Crippen molar-refractivity contribution >= 4 is 26.7 Å². The van der Waals surface area contributed by atoms with Crippen molar-refractivity contribution in [3.05, 3.63) is 17.1 Å². The van der Waals surface area contributed by atoms with E-state index < -0.39 is 9.84 Å². The van der Waals surface area contributed by atoms with E-state index in [9.17, 15) is 8.42 Å². The molecular formula is C13H20N4O2S. The van der Waals surface area contributed by atoms with Gasteiger partial charge in [-0.2, -0.15) is 0 Å². The molecule has 0 aliphatic rings. The molecule has 7 heteroatoms. The van der Waals surface area contributed by atoms with E-state index >= 15 is 0 Å². The number of rotatable bonds is 4. The highest BCUT2D eigenvalue weighted by molar-refractivity contribution is 7.90. The SMILES string of the molecule is Cc1nc(N)c2c(C)c(C)n(CCCS(C)(=O)=O)c2n1. The number of nitrogen functional groups attached to an aromatic ring is 1. The lowest BCUT2D eigenvalue weighted by Gasteiger charge is -2.07. The standard InChI is InChI=1S/C13H20N4O2S/c1-8-9(2)17(6-5-7-20(4,18)19)13-11(8)12(14)15-10(3)16-13/h5-7H2,1-4H3,(H2,14,15,16). The van der Waals surface area contributed by atoms with Crippen LogP contribution in [0.4, 0.5) is 5.82 Å². The summed E-state index contributed by atoms with van der Waals surface area (Å²) in [5.41, 5.74) is 8.88. The Morgan fingerprint density at radius 2 is 1.85 bits per heavy atom. The molecule has 0 saturated carbocycles. The third kappa shape index (κ3) is 2.77. The Balaban J connectivity index is 2.45. The first kappa shape index (κ1) is 14.8. The molecule has 0 saturated heterocycles. The maximum atomic E-state index is 11.2. The lowest BCUT2D eigenvalue weighted by atomic mass is 10.2. The van der Waals surface area contributed by atoms with Crippen LogP contribution >= 0.6 is 0 Å². The van der Waals surface area contributed by atoms with Crippen molar-refractivity contribution in [3.63, 3.8) is 0 Å². The number of nitrogens with two attached hydrogens (primary N) is 1. The Bertz CT molecular complexity index is 763. The van der Waals surface area contributed by atoms with Gasteiger partial charge >= 0.3 is 0 Å². The second-order valence-corrected chi connectivity index (χ2v) is 7.46. The maximum Gasteiger partial charge on any atom is 0.147 e. The molecule has 0 amide bonds. The van der Waals surface area contributed by atoms with Crippen molar-refractivity contribution in [2.24, 2.45) is 0 Å². The molecule has 0 unspecified atom stereocenters. The molecule has 0 radical (unpaired) electrons. The summed E-state index contributed by atoms with van der Waals surface area (Å²) >= 11 is 0. The quantitative estimate of drug-likeness (QED) is 0.920. The predicted molar refractivity (Wildman–Crippen MR) is 80.5 cm³/mol. The third-order valence-electron chi connectivity index (χ3n) is 3.50. The van der Waals surface area contributed by atoms with Gasteiger partial charge in [-0.05, 0) is 32.8 Å². The van der Waals surface area contributed by atoms with Crippen LogP contribution in [0.5, 0.6) is 0 Å². The van der Waals surface area contributed by atoms with Crippen LogP contribution in [0.2, 0.25) is 0 Å². The fourth-order valence-electron chi connectivity index (χ4n) is 2.43. The largest absolute Gasteiger partial charge is 0.383 e. The van der Waals surface area contributed by atoms with E-state index in [4.69, 9.17) is 5.73 Å². The minimum atomic E-state index is -2.94. The number of fused-ring (bicyclic) bond motifs is 1. The van der Waals surface area contributed by atoms with E-state index in [2.05, 4.69) is 9.97 Å². The first-order chi connectivity index (χ1) is 9.20. The van der Waals surface area contributed by atoms with E-state index in [0.29, 0.717) is 24.6 Å². The Kier molecular flexibility index (Phi) is 3.73. The first-order valence-corrected chi connectivity index (χ1v) is 8.54. The van der Waals surface area contributed by atoms with E-state index in [1.54, 1.807) is 6.92 Å². The molecule has 0 aliphatic carbocycles. The number of aryl methyl sites for hydroxylation is 3. The monoisotopic (exact) mass is 296 g/mol. The Morgan fingerprint density at radius 3 is 2.45 bits per heavy atom. The number of hydrogen-bond acceptors (Lipinski definition) is 5. The van der Waals surface area contributed by atoms with Gasteiger partial charge in [0, 0.05) is 18.5 Å². The maximum absolute atomic E-state index is 11.2. The molecule has 110 valence electrons. The zero-order chi connectivity index (χ0) is 15.1. The smallest absolute Gasteiger partial charge is 0.147 e. The molecule has 2 N–H and O–H groups in total. The fraction of sp³-hybridized carbons (Fsp3) is 0.538. The number of anilines is 1. The van der Waals surface area contributed by atoms with Crippen LogP contribution in [0.3, 0.4) is 0 Å². The van der Waals surface area contributed by atoms with Crippen molar-refractivity contribution < 1.29 is 8.42 Å². The second kappa shape index (κ2) is 5.05. The Morgan fingerprint density at radius 1 is 1.20 bits per heavy atom. The summed E-state index contributed by atoms with van der Waals surface area (Å²) in [6.45, 7) is 6.39. The van der Waals surface area contributed by atoms with Crippen LogP contribution in [-0.2, 0) is 16.4 Å². The fourth-order valence-corrected chi connectivity index (χ4v) is 3.09. The molecule has 0 bridgehead atoms. The van der Waals surface area contributed by atoms with Gasteiger partial charge in [-0.15, -0.1) is 0 Å². The average molecular weight is 296 g/mol. The number of hydrogen-bond donors (Lipinski definition) is 1. The molecule has 2 rings (SSSR count). The van der Waals surface area contributed by atoms with Gasteiger partial charge in [-0.3, -0.25) is 0 Å². The van der Waals surface area contributed by atoms with E-state index in [1.807, 2.05) is 18.4 Å². The molecule has 0 aromatic carbocycles. The molecule has 0 spiro atoms. The summed E-state index contributed by atoms with van der Waals surface area (Å²) in [5.74, 6) is 1.27. The summed E-state index contributed by atoms with van der Waals surface area (Å²) in [4.78, 5) is 8.65. The first-order valence-electron chi connectivity index (χ1n) is 6.48. The Hall–Kier alpha value is -1.63. The van der Waals surface area contributed by atoms with Gasteiger partial charge in [0.15, 0.2) is 0 Å². The van der Waals surface area contributed by atoms with Gasteiger partial charge in [0.05, 0.1) is 11.1 Å². The number of sulfone groups is 1. The normalized spacial score (nSPS) is 12.2.